The van der Waals surface area contributed by atoms with Gasteiger partial charge in [-0.1, -0.05) is 26.2 Å². The van der Waals surface area contributed by atoms with Crippen molar-refractivity contribution < 1.29 is 0 Å². The van der Waals surface area contributed by atoms with Crippen LogP contribution in [0.5, 0.6) is 0 Å². The van der Waals surface area contributed by atoms with Gasteiger partial charge in [0.25, 0.3) is 0 Å². The van der Waals surface area contributed by atoms with Crippen LogP contribution >= 0.6 is 0 Å². The second-order valence-corrected chi connectivity index (χ2v) is 5.89. The van der Waals surface area contributed by atoms with E-state index in [1.54, 1.807) is 6.20 Å². The van der Waals surface area contributed by atoms with Crippen molar-refractivity contribution in [1.82, 2.24) is 10.3 Å². The quantitative estimate of drug-likeness (QED) is 0.873. The molecule has 1 aromatic rings. The lowest BCUT2D eigenvalue weighted by Crippen LogP contribution is -2.30. The van der Waals surface area contributed by atoms with Crippen molar-refractivity contribution in [2.45, 2.75) is 52.0 Å². The summed E-state index contributed by atoms with van der Waals surface area (Å²) in [5, 5.41) is 3.49. The molecule has 3 unspecified atom stereocenters. The summed E-state index contributed by atoms with van der Waals surface area (Å²) in [5.74, 6) is 2.26. The largest absolute Gasteiger partial charge is 0.383 e. The maximum atomic E-state index is 6.12. The Morgan fingerprint density at radius 1 is 1.47 bits per heavy atom. The van der Waals surface area contributed by atoms with Crippen LogP contribution in [0.1, 0.15) is 56.2 Å². The number of rotatable bonds is 4. The first-order valence-electron chi connectivity index (χ1n) is 7.55. The summed E-state index contributed by atoms with van der Waals surface area (Å²) in [6, 6.07) is 2.42. The van der Waals surface area contributed by atoms with Gasteiger partial charge >= 0.3 is 0 Å². The first kappa shape index (κ1) is 14.3. The molecule has 0 saturated heterocycles. The Bertz CT molecular complexity index is 396. The molecular weight excluding hydrogens is 234 g/mol. The zero-order valence-corrected chi connectivity index (χ0v) is 12.4. The van der Waals surface area contributed by atoms with E-state index in [4.69, 9.17) is 5.73 Å². The molecule has 0 bridgehead atoms. The lowest BCUT2D eigenvalue weighted by Gasteiger charge is -2.35. The van der Waals surface area contributed by atoms with Gasteiger partial charge in [-0.2, -0.15) is 0 Å². The van der Waals surface area contributed by atoms with Crippen molar-refractivity contribution in [2.75, 3.05) is 12.8 Å². The van der Waals surface area contributed by atoms with Crippen molar-refractivity contribution in [3.8, 4) is 0 Å². The van der Waals surface area contributed by atoms with Gasteiger partial charge in [-0.25, -0.2) is 4.98 Å². The molecule has 1 aliphatic rings. The molecular formula is C16H27N3. The number of aryl methyl sites for hydroxylation is 1. The van der Waals surface area contributed by atoms with Crippen LogP contribution in [0.4, 0.5) is 5.82 Å². The molecule has 3 heteroatoms. The molecule has 3 N–H and O–H groups in total. The van der Waals surface area contributed by atoms with E-state index in [0.717, 1.165) is 5.92 Å². The van der Waals surface area contributed by atoms with Crippen molar-refractivity contribution in [2.24, 2.45) is 11.8 Å². The van der Waals surface area contributed by atoms with Gasteiger partial charge in [-0.05, 0) is 50.3 Å². The lowest BCUT2D eigenvalue weighted by atomic mass is 9.74. The highest BCUT2D eigenvalue weighted by Crippen LogP contribution is 2.40. The van der Waals surface area contributed by atoms with E-state index in [1.165, 1.54) is 43.2 Å². The average molecular weight is 261 g/mol. The molecule has 1 aliphatic carbocycles. The van der Waals surface area contributed by atoms with E-state index in [0.29, 0.717) is 17.8 Å². The molecule has 0 aromatic carbocycles. The fourth-order valence-electron chi connectivity index (χ4n) is 3.62. The highest BCUT2D eigenvalue weighted by molar-refractivity contribution is 5.46. The highest BCUT2D eigenvalue weighted by atomic mass is 14.9. The molecule has 2 rings (SSSR count). The topological polar surface area (TPSA) is 50.9 Å². The summed E-state index contributed by atoms with van der Waals surface area (Å²) in [6.45, 7) is 4.45. The third-order valence-corrected chi connectivity index (χ3v) is 4.73. The van der Waals surface area contributed by atoms with Crippen LogP contribution < -0.4 is 11.1 Å². The number of nitrogens with one attached hydrogen (secondary N) is 1. The van der Waals surface area contributed by atoms with Crippen LogP contribution in [-0.4, -0.2) is 12.0 Å². The summed E-state index contributed by atoms with van der Waals surface area (Å²) in [4.78, 5) is 4.28. The first-order chi connectivity index (χ1) is 9.17. The zero-order chi connectivity index (χ0) is 13.8. The maximum Gasteiger partial charge on any atom is 0.128 e. The summed E-state index contributed by atoms with van der Waals surface area (Å²) < 4.78 is 0. The van der Waals surface area contributed by atoms with Gasteiger partial charge in [-0.3, -0.25) is 0 Å². The fraction of sp³-hybridized carbons (Fsp3) is 0.688. The Hall–Kier alpha value is -1.09. The molecule has 3 nitrogen and oxygen atoms in total. The SMILES string of the molecule is CCC1CCCC(C(NC)c2c(C)ccnc2N)C1. The molecule has 1 fully saturated rings. The van der Waals surface area contributed by atoms with Gasteiger partial charge in [0, 0.05) is 17.8 Å². The number of nitrogens with two attached hydrogens (primary N) is 1. The monoisotopic (exact) mass is 261 g/mol. The summed E-state index contributed by atoms with van der Waals surface area (Å²) in [5.41, 5.74) is 8.59. The normalized spacial score (nSPS) is 25.2. The molecule has 19 heavy (non-hydrogen) atoms. The van der Waals surface area contributed by atoms with Crippen molar-refractivity contribution in [1.29, 1.82) is 0 Å². The van der Waals surface area contributed by atoms with Gasteiger partial charge in [0.15, 0.2) is 0 Å². The second-order valence-electron chi connectivity index (χ2n) is 5.89. The minimum absolute atomic E-state index is 0.350. The summed E-state index contributed by atoms with van der Waals surface area (Å²) in [6.07, 6.45) is 8.46. The van der Waals surface area contributed by atoms with E-state index in [-0.39, 0.29) is 0 Å². The predicted molar refractivity (Wildman–Crippen MR) is 80.9 cm³/mol. The number of nitrogens with zero attached hydrogens (tertiary/aromatic N) is 1. The Kier molecular flexibility index (Phi) is 4.81. The van der Waals surface area contributed by atoms with Gasteiger partial charge in [-0.15, -0.1) is 0 Å². The third kappa shape index (κ3) is 3.08. The molecule has 0 aliphatic heterocycles. The van der Waals surface area contributed by atoms with Crippen molar-refractivity contribution in [3.05, 3.63) is 23.4 Å². The second kappa shape index (κ2) is 6.38. The predicted octanol–water partition coefficient (Wildman–Crippen LogP) is 3.45. The van der Waals surface area contributed by atoms with Crippen molar-refractivity contribution >= 4 is 5.82 Å². The number of aromatic nitrogens is 1. The highest BCUT2D eigenvalue weighted by Gasteiger charge is 2.29. The minimum Gasteiger partial charge on any atom is -0.383 e. The standard InChI is InChI=1S/C16H27N3/c1-4-12-6-5-7-13(10-12)15(18-3)14-11(2)8-9-19-16(14)17/h8-9,12-13,15,18H,4-7,10H2,1-3H3,(H2,17,19). The Labute approximate surface area is 117 Å². The summed E-state index contributed by atoms with van der Waals surface area (Å²) >= 11 is 0. The third-order valence-electron chi connectivity index (χ3n) is 4.73. The Morgan fingerprint density at radius 3 is 2.89 bits per heavy atom. The molecule has 106 valence electrons. The van der Waals surface area contributed by atoms with Gasteiger partial charge in [0.05, 0.1) is 0 Å². The maximum absolute atomic E-state index is 6.12. The van der Waals surface area contributed by atoms with E-state index in [2.05, 4.69) is 30.2 Å². The average Bonchev–Trinajstić information content (AvgIpc) is 2.43. The Balaban J connectivity index is 2.24. The van der Waals surface area contributed by atoms with Crippen LogP contribution in [0.15, 0.2) is 12.3 Å². The zero-order valence-electron chi connectivity index (χ0n) is 12.4. The van der Waals surface area contributed by atoms with Crippen LogP contribution in [0.2, 0.25) is 0 Å². The van der Waals surface area contributed by atoms with Crippen LogP contribution in [-0.2, 0) is 0 Å². The molecule has 1 aromatic heterocycles. The molecule has 1 heterocycles. The van der Waals surface area contributed by atoms with Gasteiger partial charge < -0.3 is 11.1 Å². The number of anilines is 1. The molecule has 1 saturated carbocycles. The van der Waals surface area contributed by atoms with Crippen LogP contribution in [0.3, 0.4) is 0 Å². The van der Waals surface area contributed by atoms with Crippen molar-refractivity contribution in [3.63, 3.8) is 0 Å². The number of hydrogen-bond donors (Lipinski definition) is 2. The number of nitrogen functional groups attached to an aromatic ring is 1. The van der Waals surface area contributed by atoms with E-state index < -0.39 is 0 Å². The molecule has 0 amide bonds. The van der Waals surface area contributed by atoms with Crippen LogP contribution in [0, 0.1) is 18.8 Å². The summed E-state index contributed by atoms with van der Waals surface area (Å²) in [7, 11) is 2.05. The van der Waals surface area contributed by atoms with Crippen LogP contribution in [0.25, 0.3) is 0 Å². The molecule has 0 radical (unpaired) electrons. The Morgan fingerprint density at radius 2 is 2.26 bits per heavy atom. The van der Waals surface area contributed by atoms with E-state index in [9.17, 15) is 0 Å². The van der Waals surface area contributed by atoms with Gasteiger partial charge in [0.1, 0.15) is 5.82 Å². The molecule has 0 spiro atoms. The minimum atomic E-state index is 0.350. The van der Waals surface area contributed by atoms with E-state index in [1.807, 2.05) is 7.05 Å². The first-order valence-corrected chi connectivity index (χ1v) is 7.55. The lowest BCUT2D eigenvalue weighted by molar-refractivity contribution is 0.214. The number of hydrogen-bond acceptors (Lipinski definition) is 3. The van der Waals surface area contributed by atoms with E-state index >= 15 is 0 Å². The molecule has 3 atom stereocenters. The smallest absolute Gasteiger partial charge is 0.128 e. The number of pyridine rings is 1. The van der Waals surface area contributed by atoms with Gasteiger partial charge in [0.2, 0.25) is 0 Å². The fourth-order valence-corrected chi connectivity index (χ4v) is 3.62.